The Labute approximate surface area is 182 Å². The maximum absolute atomic E-state index is 14.9. The van der Waals surface area contributed by atoms with E-state index in [-0.39, 0.29) is 16.4 Å². The average molecular weight is 465 g/mol. The zero-order valence-electron chi connectivity index (χ0n) is 15.5. The summed E-state index contributed by atoms with van der Waals surface area (Å²) in [5.41, 5.74) is 7.52. The van der Waals surface area contributed by atoms with Crippen molar-refractivity contribution >= 4 is 61.3 Å². The molecule has 1 aromatic heterocycles. The highest BCUT2D eigenvalue weighted by atomic mass is 35.5. The van der Waals surface area contributed by atoms with Gasteiger partial charge in [0, 0.05) is 10.9 Å². The molecule has 0 fully saturated rings. The van der Waals surface area contributed by atoms with Gasteiger partial charge in [-0.3, -0.25) is 5.10 Å². The lowest BCUT2D eigenvalue weighted by molar-refractivity contribution is 0.602. The van der Waals surface area contributed by atoms with Crippen molar-refractivity contribution in [2.75, 3.05) is 16.3 Å². The molecule has 0 aliphatic rings. The molecule has 6 nitrogen and oxygen atoms in total. The van der Waals surface area contributed by atoms with E-state index in [1.807, 2.05) is 0 Å². The van der Waals surface area contributed by atoms with E-state index in [4.69, 9.17) is 28.9 Å². The molecule has 3 N–H and O–H groups in total. The van der Waals surface area contributed by atoms with Gasteiger partial charge < -0.3 is 5.73 Å². The molecule has 10 heteroatoms. The molecule has 0 bridgehead atoms. The van der Waals surface area contributed by atoms with Crippen LogP contribution in [-0.2, 0) is 10.0 Å². The fourth-order valence-corrected chi connectivity index (χ4v) is 4.51. The first-order valence-corrected chi connectivity index (χ1v) is 11.2. The number of fused-ring (bicyclic) bond motifs is 1. The standard InChI is InChI=1S/C20H15Cl2FN4O2S/c1-30(28,29)27(13-6-9-16(21)17(22)10-13)12-4-2-11(3-5-12)14-7-8-15-19(18(14)23)25-26-20(15)24/h2-10H,1H3,(H3,24,25,26). The largest absolute Gasteiger partial charge is 0.382 e. The molecule has 154 valence electrons. The summed E-state index contributed by atoms with van der Waals surface area (Å²) in [5, 5.41) is 7.45. The van der Waals surface area contributed by atoms with E-state index in [1.165, 1.54) is 12.1 Å². The molecule has 4 aromatic rings. The zero-order valence-corrected chi connectivity index (χ0v) is 17.9. The van der Waals surface area contributed by atoms with E-state index in [1.54, 1.807) is 42.5 Å². The molecular weight excluding hydrogens is 450 g/mol. The van der Waals surface area contributed by atoms with E-state index in [0.29, 0.717) is 32.9 Å². The number of aromatic nitrogens is 2. The van der Waals surface area contributed by atoms with Crippen molar-refractivity contribution in [2.24, 2.45) is 0 Å². The van der Waals surface area contributed by atoms with Gasteiger partial charge in [0.2, 0.25) is 10.0 Å². The Morgan fingerprint density at radius 2 is 1.67 bits per heavy atom. The van der Waals surface area contributed by atoms with Gasteiger partial charge in [-0.05, 0) is 42.0 Å². The van der Waals surface area contributed by atoms with Crippen LogP contribution in [0.15, 0.2) is 54.6 Å². The summed E-state index contributed by atoms with van der Waals surface area (Å²) >= 11 is 12.0. The van der Waals surface area contributed by atoms with Crippen LogP contribution in [0, 0.1) is 5.82 Å². The predicted octanol–water partition coefficient (Wildman–Crippen LogP) is 5.36. The molecule has 0 aliphatic carbocycles. The number of aromatic amines is 1. The van der Waals surface area contributed by atoms with E-state index >= 15 is 0 Å². The van der Waals surface area contributed by atoms with E-state index in [9.17, 15) is 12.8 Å². The lowest BCUT2D eigenvalue weighted by Crippen LogP contribution is -2.24. The third kappa shape index (κ3) is 3.58. The molecule has 0 saturated heterocycles. The van der Waals surface area contributed by atoms with E-state index in [2.05, 4.69) is 10.2 Å². The number of nitrogens with zero attached hydrogens (tertiary/aromatic N) is 2. The number of nitrogen functional groups attached to an aromatic ring is 1. The highest BCUT2D eigenvalue weighted by Crippen LogP contribution is 2.35. The van der Waals surface area contributed by atoms with E-state index < -0.39 is 15.8 Å². The van der Waals surface area contributed by atoms with Crippen molar-refractivity contribution in [2.45, 2.75) is 0 Å². The second-order valence-corrected chi connectivity index (χ2v) is 9.28. The fourth-order valence-electron chi connectivity index (χ4n) is 3.22. The molecule has 0 saturated carbocycles. The highest BCUT2D eigenvalue weighted by molar-refractivity contribution is 7.92. The third-order valence-corrected chi connectivity index (χ3v) is 6.41. The first kappa shape index (κ1) is 20.5. The van der Waals surface area contributed by atoms with Crippen LogP contribution < -0.4 is 10.0 Å². The Balaban J connectivity index is 1.78. The molecular formula is C20H15Cl2FN4O2S. The maximum Gasteiger partial charge on any atom is 0.236 e. The van der Waals surface area contributed by atoms with Crippen LogP contribution in [0.1, 0.15) is 0 Å². The average Bonchev–Trinajstić information content (AvgIpc) is 3.07. The van der Waals surface area contributed by atoms with Crippen LogP contribution in [0.2, 0.25) is 10.0 Å². The molecule has 30 heavy (non-hydrogen) atoms. The van der Waals surface area contributed by atoms with Crippen molar-refractivity contribution in [3.63, 3.8) is 0 Å². The molecule has 0 radical (unpaired) electrons. The number of benzene rings is 3. The van der Waals surface area contributed by atoms with Crippen molar-refractivity contribution in [1.82, 2.24) is 10.2 Å². The third-order valence-electron chi connectivity index (χ3n) is 4.59. The van der Waals surface area contributed by atoms with Gasteiger partial charge in [-0.1, -0.05) is 41.4 Å². The minimum Gasteiger partial charge on any atom is -0.382 e. The van der Waals surface area contributed by atoms with Gasteiger partial charge in [-0.15, -0.1) is 0 Å². The van der Waals surface area contributed by atoms with E-state index in [0.717, 1.165) is 10.6 Å². The van der Waals surface area contributed by atoms with Gasteiger partial charge in [0.25, 0.3) is 0 Å². The van der Waals surface area contributed by atoms with Crippen molar-refractivity contribution in [3.05, 3.63) is 70.5 Å². The Kier molecular flexibility index (Phi) is 5.09. The Morgan fingerprint density at radius 3 is 2.30 bits per heavy atom. The molecule has 0 spiro atoms. The minimum atomic E-state index is -3.68. The van der Waals surface area contributed by atoms with Crippen LogP contribution in [0.4, 0.5) is 21.6 Å². The number of H-pyrrole nitrogens is 1. The summed E-state index contributed by atoms with van der Waals surface area (Å²) < 4.78 is 40.9. The predicted molar refractivity (Wildman–Crippen MR) is 119 cm³/mol. The summed E-state index contributed by atoms with van der Waals surface area (Å²) in [4.78, 5) is 0. The normalized spacial score (nSPS) is 11.7. The maximum atomic E-state index is 14.9. The number of rotatable bonds is 4. The van der Waals surface area contributed by atoms with Gasteiger partial charge in [0.1, 0.15) is 5.52 Å². The summed E-state index contributed by atoms with van der Waals surface area (Å²) in [5.74, 6) is -0.273. The lowest BCUT2D eigenvalue weighted by Gasteiger charge is -2.23. The summed E-state index contributed by atoms with van der Waals surface area (Å²) in [6, 6.07) is 14.3. The van der Waals surface area contributed by atoms with Crippen molar-refractivity contribution in [3.8, 4) is 11.1 Å². The molecule has 1 heterocycles. The SMILES string of the molecule is CS(=O)(=O)N(c1ccc(-c2ccc3c(N)n[nH]c3c2F)cc1)c1ccc(Cl)c(Cl)c1. The number of hydrogen-bond acceptors (Lipinski definition) is 4. The monoisotopic (exact) mass is 464 g/mol. The van der Waals surface area contributed by atoms with Gasteiger partial charge in [-0.2, -0.15) is 5.10 Å². The van der Waals surface area contributed by atoms with Crippen molar-refractivity contribution in [1.29, 1.82) is 0 Å². The van der Waals surface area contributed by atoms with Gasteiger partial charge in [0.15, 0.2) is 11.6 Å². The van der Waals surface area contributed by atoms with Crippen LogP contribution in [0.25, 0.3) is 22.0 Å². The zero-order chi connectivity index (χ0) is 21.6. The smallest absolute Gasteiger partial charge is 0.236 e. The molecule has 0 aliphatic heterocycles. The molecule has 3 aromatic carbocycles. The quantitative estimate of drug-likeness (QED) is 0.425. The lowest BCUT2D eigenvalue weighted by atomic mass is 10.0. The van der Waals surface area contributed by atoms with Gasteiger partial charge in [-0.25, -0.2) is 17.1 Å². The van der Waals surface area contributed by atoms with Crippen molar-refractivity contribution < 1.29 is 12.8 Å². The fraction of sp³-hybridized carbons (Fsp3) is 0.0500. The van der Waals surface area contributed by atoms with Crippen LogP contribution >= 0.6 is 23.2 Å². The molecule has 0 atom stereocenters. The Bertz CT molecular complexity index is 1370. The van der Waals surface area contributed by atoms with Crippen LogP contribution in [-0.4, -0.2) is 24.9 Å². The summed E-state index contributed by atoms with van der Waals surface area (Å²) in [7, 11) is -3.68. The molecule has 0 unspecified atom stereocenters. The topological polar surface area (TPSA) is 92.1 Å². The Hall–Kier alpha value is -2.81. The van der Waals surface area contributed by atoms with Crippen LogP contribution in [0.5, 0.6) is 0 Å². The number of halogens is 3. The number of nitrogens with two attached hydrogens (primary N) is 1. The number of sulfonamides is 1. The Morgan fingerprint density at radius 1 is 1.00 bits per heavy atom. The second-order valence-electron chi connectivity index (χ2n) is 6.63. The first-order valence-electron chi connectivity index (χ1n) is 8.64. The molecule has 0 amide bonds. The first-order chi connectivity index (χ1) is 14.2. The van der Waals surface area contributed by atoms with Gasteiger partial charge in [0.05, 0.1) is 27.7 Å². The second kappa shape index (κ2) is 7.46. The number of hydrogen-bond donors (Lipinski definition) is 2. The summed E-state index contributed by atoms with van der Waals surface area (Å²) in [6.45, 7) is 0. The minimum absolute atomic E-state index is 0.211. The number of anilines is 3. The highest BCUT2D eigenvalue weighted by Gasteiger charge is 2.21. The molecule has 4 rings (SSSR count). The number of nitrogens with one attached hydrogen (secondary N) is 1. The summed E-state index contributed by atoms with van der Waals surface area (Å²) in [6.07, 6.45) is 1.08. The van der Waals surface area contributed by atoms with Crippen LogP contribution in [0.3, 0.4) is 0 Å². The van der Waals surface area contributed by atoms with Gasteiger partial charge >= 0.3 is 0 Å².